The average molecular weight is 247 g/mol. The molecule has 2 rings (SSSR count). The molecule has 3 nitrogen and oxygen atoms in total. The standard InChI is InChI=1S/C14H18FN3/c1-11(9-18-8-7-16-10-18)17-12(2)13-3-5-14(15)6-4-13/h3-8,10-12,17H,9H2,1-2H3. The number of halogens is 1. The summed E-state index contributed by atoms with van der Waals surface area (Å²) in [6.07, 6.45) is 5.53. The molecule has 0 saturated carbocycles. The summed E-state index contributed by atoms with van der Waals surface area (Å²) >= 11 is 0. The van der Waals surface area contributed by atoms with Crippen molar-refractivity contribution in [3.63, 3.8) is 0 Å². The third kappa shape index (κ3) is 3.40. The highest BCUT2D eigenvalue weighted by atomic mass is 19.1. The summed E-state index contributed by atoms with van der Waals surface area (Å²) in [6, 6.07) is 7.14. The van der Waals surface area contributed by atoms with Crippen LogP contribution >= 0.6 is 0 Å². The van der Waals surface area contributed by atoms with Crippen molar-refractivity contribution in [1.82, 2.24) is 14.9 Å². The van der Waals surface area contributed by atoms with Gasteiger partial charge >= 0.3 is 0 Å². The Labute approximate surface area is 107 Å². The molecule has 0 saturated heterocycles. The van der Waals surface area contributed by atoms with Crippen LogP contribution in [-0.4, -0.2) is 15.6 Å². The lowest BCUT2D eigenvalue weighted by atomic mass is 10.1. The molecule has 2 aromatic rings. The summed E-state index contributed by atoms with van der Waals surface area (Å²) in [5, 5.41) is 3.48. The van der Waals surface area contributed by atoms with Crippen molar-refractivity contribution in [2.75, 3.05) is 0 Å². The van der Waals surface area contributed by atoms with Gasteiger partial charge in [-0.3, -0.25) is 0 Å². The van der Waals surface area contributed by atoms with E-state index in [0.717, 1.165) is 12.1 Å². The molecule has 2 atom stereocenters. The van der Waals surface area contributed by atoms with E-state index in [0.29, 0.717) is 6.04 Å². The Morgan fingerprint density at radius 3 is 2.61 bits per heavy atom. The smallest absolute Gasteiger partial charge is 0.123 e. The first-order valence-electron chi connectivity index (χ1n) is 6.12. The van der Waals surface area contributed by atoms with Gasteiger partial charge in [0.2, 0.25) is 0 Å². The van der Waals surface area contributed by atoms with Crippen molar-refractivity contribution in [2.45, 2.75) is 32.5 Å². The van der Waals surface area contributed by atoms with Gasteiger partial charge in [0.25, 0.3) is 0 Å². The normalized spacial score (nSPS) is 14.4. The Balaban J connectivity index is 1.90. The maximum absolute atomic E-state index is 12.8. The third-order valence-corrected chi connectivity index (χ3v) is 2.95. The molecule has 1 aromatic heterocycles. The molecule has 2 unspecified atom stereocenters. The molecule has 18 heavy (non-hydrogen) atoms. The summed E-state index contributed by atoms with van der Waals surface area (Å²) in [5.74, 6) is -0.197. The van der Waals surface area contributed by atoms with Crippen LogP contribution in [0.5, 0.6) is 0 Å². The second kappa shape index (κ2) is 5.78. The number of hydrogen-bond donors (Lipinski definition) is 1. The van der Waals surface area contributed by atoms with Crippen molar-refractivity contribution in [3.8, 4) is 0 Å². The summed E-state index contributed by atoms with van der Waals surface area (Å²) in [6.45, 7) is 5.07. The van der Waals surface area contributed by atoms with Crippen LogP contribution in [0.2, 0.25) is 0 Å². The molecule has 0 fully saturated rings. The first-order valence-corrected chi connectivity index (χ1v) is 6.12. The lowest BCUT2D eigenvalue weighted by Crippen LogP contribution is -2.32. The van der Waals surface area contributed by atoms with Crippen molar-refractivity contribution in [3.05, 3.63) is 54.4 Å². The van der Waals surface area contributed by atoms with Gasteiger partial charge in [-0.2, -0.15) is 0 Å². The van der Waals surface area contributed by atoms with Gasteiger partial charge in [-0.25, -0.2) is 9.37 Å². The van der Waals surface area contributed by atoms with Crippen molar-refractivity contribution in [2.24, 2.45) is 0 Å². The van der Waals surface area contributed by atoms with E-state index in [4.69, 9.17) is 0 Å². The van der Waals surface area contributed by atoms with Crippen molar-refractivity contribution >= 4 is 0 Å². The average Bonchev–Trinajstić information content (AvgIpc) is 2.82. The summed E-state index contributed by atoms with van der Waals surface area (Å²) in [5.41, 5.74) is 1.09. The number of rotatable bonds is 5. The van der Waals surface area contributed by atoms with Crippen LogP contribution in [-0.2, 0) is 6.54 Å². The van der Waals surface area contributed by atoms with E-state index in [9.17, 15) is 4.39 Å². The van der Waals surface area contributed by atoms with E-state index < -0.39 is 0 Å². The Morgan fingerprint density at radius 1 is 1.28 bits per heavy atom. The van der Waals surface area contributed by atoms with E-state index in [1.54, 1.807) is 12.5 Å². The maximum atomic E-state index is 12.8. The SMILES string of the molecule is CC(Cn1ccnc1)NC(C)c1ccc(F)cc1. The van der Waals surface area contributed by atoms with Gasteiger partial charge in [-0.05, 0) is 31.5 Å². The molecule has 1 aromatic carbocycles. The number of benzene rings is 1. The molecule has 0 aliphatic heterocycles. The second-order valence-corrected chi connectivity index (χ2v) is 4.60. The maximum Gasteiger partial charge on any atom is 0.123 e. The predicted octanol–water partition coefficient (Wildman–Crippen LogP) is 2.76. The predicted molar refractivity (Wildman–Crippen MR) is 69.6 cm³/mol. The molecule has 96 valence electrons. The van der Waals surface area contributed by atoms with Crippen LogP contribution in [0.1, 0.15) is 25.5 Å². The molecule has 0 amide bonds. The first kappa shape index (κ1) is 12.8. The zero-order valence-electron chi connectivity index (χ0n) is 10.7. The van der Waals surface area contributed by atoms with Crippen LogP contribution in [0.3, 0.4) is 0 Å². The van der Waals surface area contributed by atoms with Crippen molar-refractivity contribution in [1.29, 1.82) is 0 Å². The highest BCUT2D eigenvalue weighted by molar-refractivity contribution is 5.19. The second-order valence-electron chi connectivity index (χ2n) is 4.60. The number of imidazole rings is 1. The molecule has 1 N–H and O–H groups in total. The number of nitrogens with zero attached hydrogens (tertiary/aromatic N) is 2. The van der Waals surface area contributed by atoms with Crippen molar-refractivity contribution < 1.29 is 4.39 Å². The summed E-state index contributed by atoms with van der Waals surface area (Å²) < 4.78 is 14.9. The fourth-order valence-electron chi connectivity index (χ4n) is 2.04. The summed E-state index contributed by atoms with van der Waals surface area (Å²) in [7, 11) is 0. The highest BCUT2D eigenvalue weighted by Crippen LogP contribution is 2.13. The molecule has 0 radical (unpaired) electrons. The van der Waals surface area contributed by atoms with Gasteiger partial charge in [0, 0.05) is 31.0 Å². The van der Waals surface area contributed by atoms with E-state index in [1.165, 1.54) is 12.1 Å². The number of aromatic nitrogens is 2. The lowest BCUT2D eigenvalue weighted by molar-refractivity contribution is 0.430. The molecule has 0 bridgehead atoms. The van der Waals surface area contributed by atoms with Gasteiger partial charge < -0.3 is 9.88 Å². The van der Waals surface area contributed by atoms with Crippen LogP contribution in [0.25, 0.3) is 0 Å². The van der Waals surface area contributed by atoms with Crippen LogP contribution in [0, 0.1) is 5.82 Å². The fourth-order valence-corrected chi connectivity index (χ4v) is 2.04. The third-order valence-electron chi connectivity index (χ3n) is 2.95. The minimum absolute atomic E-state index is 0.197. The molecule has 1 heterocycles. The van der Waals surface area contributed by atoms with Gasteiger partial charge in [-0.15, -0.1) is 0 Å². The Kier molecular flexibility index (Phi) is 4.10. The topological polar surface area (TPSA) is 29.9 Å². The van der Waals surface area contributed by atoms with Crippen LogP contribution in [0.4, 0.5) is 4.39 Å². The largest absolute Gasteiger partial charge is 0.336 e. The number of hydrogen-bond acceptors (Lipinski definition) is 2. The van der Waals surface area contributed by atoms with Gasteiger partial charge in [0.05, 0.1) is 6.33 Å². The summed E-state index contributed by atoms with van der Waals surface area (Å²) in [4.78, 5) is 4.02. The van der Waals surface area contributed by atoms with Crippen LogP contribution < -0.4 is 5.32 Å². The highest BCUT2D eigenvalue weighted by Gasteiger charge is 2.09. The Bertz CT molecular complexity index is 464. The molecule has 0 aliphatic rings. The number of nitrogens with one attached hydrogen (secondary N) is 1. The van der Waals surface area contributed by atoms with E-state index >= 15 is 0 Å². The lowest BCUT2D eigenvalue weighted by Gasteiger charge is -2.20. The van der Waals surface area contributed by atoms with Gasteiger partial charge in [0.15, 0.2) is 0 Å². The zero-order valence-corrected chi connectivity index (χ0v) is 10.7. The quantitative estimate of drug-likeness (QED) is 0.880. The van der Waals surface area contributed by atoms with Gasteiger partial charge in [0.1, 0.15) is 5.82 Å². The first-order chi connectivity index (χ1) is 8.65. The minimum atomic E-state index is -0.197. The Morgan fingerprint density at radius 2 is 2.00 bits per heavy atom. The van der Waals surface area contributed by atoms with E-state index in [-0.39, 0.29) is 11.9 Å². The molecular formula is C14H18FN3. The monoisotopic (exact) mass is 247 g/mol. The van der Waals surface area contributed by atoms with E-state index in [1.807, 2.05) is 22.9 Å². The Hall–Kier alpha value is -1.68. The van der Waals surface area contributed by atoms with Crippen LogP contribution in [0.15, 0.2) is 43.0 Å². The van der Waals surface area contributed by atoms with Gasteiger partial charge in [-0.1, -0.05) is 12.1 Å². The molecule has 0 aliphatic carbocycles. The molecule has 4 heteroatoms. The fraction of sp³-hybridized carbons (Fsp3) is 0.357. The minimum Gasteiger partial charge on any atom is -0.336 e. The zero-order chi connectivity index (χ0) is 13.0. The molecular weight excluding hydrogens is 229 g/mol. The van der Waals surface area contributed by atoms with E-state index in [2.05, 4.69) is 24.1 Å². The molecule has 0 spiro atoms.